The van der Waals surface area contributed by atoms with Crippen molar-refractivity contribution in [2.75, 3.05) is 13.7 Å². The first-order chi connectivity index (χ1) is 7.46. The highest BCUT2D eigenvalue weighted by Gasteiger charge is 2.13. The summed E-state index contributed by atoms with van der Waals surface area (Å²) in [5, 5.41) is 0. The van der Waals surface area contributed by atoms with Crippen molar-refractivity contribution in [3.63, 3.8) is 0 Å². The van der Waals surface area contributed by atoms with E-state index < -0.39 is 9.05 Å². The molecule has 0 atom stereocenters. The summed E-state index contributed by atoms with van der Waals surface area (Å²) in [6, 6.07) is 4.94. The molecule has 0 N–H and O–H groups in total. The Morgan fingerprint density at radius 2 is 2.06 bits per heavy atom. The lowest BCUT2D eigenvalue weighted by molar-refractivity contribution is 0.333. The van der Waals surface area contributed by atoms with Gasteiger partial charge in [-0.25, -0.2) is 8.42 Å². The Kier molecular flexibility index (Phi) is 4.44. The predicted octanol–water partition coefficient (Wildman–Crippen LogP) is 2.16. The lowest BCUT2D eigenvalue weighted by atomic mass is 10.2. The maximum Gasteiger partial charge on any atom is 0.236 e. The fourth-order valence-electron chi connectivity index (χ4n) is 1.26. The van der Waals surface area contributed by atoms with Crippen LogP contribution in [0, 0.1) is 0 Å². The van der Waals surface area contributed by atoms with Crippen LogP contribution in [0.5, 0.6) is 11.5 Å². The van der Waals surface area contributed by atoms with Gasteiger partial charge in [0.15, 0.2) is 0 Å². The van der Waals surface area contributed by atoms with E-state index in [1.165, 1.54) is 7.11 Å². The van der Waals surface area contributed by atoms with E-state index in [1.54, 1.807) is 18.2 Å². The standard InChI is InChI=1S/C10H13ClO4S/c1-3-15-10-6-9(14-2)5-4-8(10)7-16(11,12)13/h4-6H,3,7H2,1-2H3. The molecule has 0 aliphatic heterocycles. The maximum absolute atomic E-state index is 11.0. The summed E-state index contributed by atoms with van der Waals surface area (Å²) >= 11 is 0. The fraction of sp³-hybridized carbons (Fsp3) is 0.400. The van der Waals surface area contributed by atoms with E-state index in [0.717, 1.165) is 0 Å². The lowest BCUT2D eigenvalue weighted by Crippen LogP contribution is -2.01. The highest BCUT2D eigenvalue weighted by Crippen LogP contribution is 2.27. The van der Waals surface area contributed by atoms with Gasteiger partial charge < -0.3 is 9.47 Å². The van der Waals surface area contributed by atoms with Crippen molar-refractivity contribution >= 4 is 19.7 Å². The van der Waals surface area contributed by atoms with E-state index in [1.807, 2.05) is 6.92 Å². The van der Waals surface area contributed by atoms with Gasteiger partial charge in [-0.15, -0.1) is 0 Å². The van der Waals surface area contributed by atoms with Crippen molar-refractivity contribution in [1.29, 1.82) is 0 Å². The summed E-state index contributed by atoms with van der Waals surface area (Å²) in [6.45, 7) is 2.26. The SMILES string of the molecule is CCOc1cc(OC)ccc1CS(=O)(=O)Cl. The minimum absolute atomic E-state index is 0.256. The summed E-state index contributed by atoms with van der Waals surface area (Å²) in [7, 11) is 3.14. The molecule has 0 spiro atoms. The van der Waals surface area contributed by atoms with E-state index in [4.69, 9.17) is 20.2 Å². The smallest absolute Gasteiger partial charge is 0.236 e. The van der Waals surface area contributed by atoms with E-state index in [2.05, 4.69) is 0 Å². The second-order valence-corrected chi connectivity index (χ2v) is 5.87. The maximum atomic E-state index is 11.0. The Morgan fingerprint density at radius 3 is 2.56 bits per heavy atom. The first-order valence-corrected chi connectivity index (χ1v) is 7.16. The molecule has 0 unspecified atom stereocenters. The highest BCUT2D eigenvalue weighted by atomic mass is 35.7. The van der Waals surface area contributed by atoms with Gasteiger partial charge in [0.1, 0.15) is 11.5 Å². The van der Waals surface area contributed by atoms with Gasteiger partial charge in [0.05, 0.1) is 19.5 Å². The molecule has 0 saturated heterocycles. The predicted molar refractivity (Wildman–Crippen MR) is 62.6 cm³/mol. The number of hydrogen-bond donors (Lipinski definition) is 0. The Morgan fingerprint density at radius 1 is 1.38 bits per heavy atom. The molecule has 1 aromatic carbocycles. The van der Waals surface area contributed by atoms with Gasteiger partial charge in [0, 0.05) is 22.3 Å². The number of halogens is 1. The summed E-state index contributed by atoms with van der Waals surface area (Å²) < 4.78 is 32.3. The molecule has 0 heterocycles. The largest absolute Gasteiger partial charge is 0.497 e. The molecule has 4 nitrogen and oxygen atoms in total. The third-order valence-electron chi connectivity index (χ3n) is 1.90. The molecule has 1 rings (SSSR count). The van der Waals surface area contributed by atoms with E-state index in [0.29, 0.717) is 23.7 Å². The highest BCUT2D eigenvalue weighted by molar-refractivity contribution is 8.13. The normalized spacial score (nSPS) is 11.2. The van der Waals surface area contributed by atoms with Crippen LogP contribution in [0.3, 0.4) is 0 Å². The van der Waals surface area contributed by atoms with E-state index in [-0.39, 0.29) is 5.75 Å². The molecule has 0 amide bonds. The molecule has 0 fully saturated rings. The molecule has 0 aliphatic carbocycles. The minimum Gasteiger partial charge on any atom is -0.497 e. The Hall–Kier alpha value is -0.940. The van der Waals surface area contributed by atoms with Crippen LogP contribution < -0.4 is 9.47 Å². The average Bonchev–Trinajstić information content (AvgIpc) is 2.19. The van der Waals surface area contributed by atoms with Gasteiger partial charge in [-0.3, -0.25) is 0 Å². The molecule has 1 aromatic rings. The lowest BCUT2D eigenvalue weighted by Gasteiger charge is -2.10. The van der Waals surface area contributed by atoms with E-state index >= 15 is 0 Å². The number of methoxy groups -OCH3 is 1. The second-order valence-electron chi connectivity index (χ2n) is 3.09. The monoisotopic (exact) mass is 264 g/mol. The summed E-state index contributed by atoms with van der Waals surface area (Å²) in [6.07, 6.45) is 0. The topological polar surface area (TPSA) is 52.6 Å². The molecule has 0 bridgehead atoms. The third kappa shape index (κ3) is 3.90. The second kappa shape index (κ2) is 5.41. The van der Waals surface area contributed by atoms with Crippen LogP contribution in [0.1, 0.15) is 12.5 Å². The Bertz CT molecular complexity index is 456. The van der Waals surface area contributed by atoms with Crippen LogP contribution >= 0.6 is 10.7 Å². The molecule has 16 heavy (non-hydrogen) atoms. The van der Waals surface area contributed by atoms with Crippen molar-refractivity contribution in [2.24, 2.45) is 0 Å². The zero-order valence-electron chi connectivity index (χ0n) is 9.07. The molecular weight excluding hydrogens is 252 g/mol. The number of rotatable bonds is 5. The van der Waals surface area contributed by atoms with Crippen molar-refractivity contribution in [1.82, 2.24) is 0 Å². The number of benzene rings is 1. The van der Waals surface area contributed by atoms with Crippen molar-refractivity contribution < 1.29 is 17.9 Å². The van der Waals surface area contributed by atoms with Gasteiger partial charge in [-0.05, 0) is 13.0 Å². The van der Waals surface area contributed by atoms with Gasteiger partial charge in [0.25, 0.3) is 0 Å². The summed E-state index contributed by atoms with van der Waals surface area (Å²) in [5.74, 6) is 0.832. The molecular formula is C10H13ClO4S. The molecule has 0 saturated carbocycles. The third-order valence-corrected chi connectivity index (χ3v) is 2.89. The molecule has 0 aromatic heterocycles. The van der Waals surface area contributed by atoms with Crippen molar-refractivity contribution in [2.45, 2.75) is 12.7 Å². The van der Waals surface area contributed by atoms with Crippen molar-refractivity contribution in [3.05, 3.63) is 23.8 Å². The Balaban J connectivity index is 3.07. The number of hydrogen-bond acceptors (Lipinski definition) is 4. The molecule has 6 heteroatoms. The zero-order valence-corrected chi connectivity index (χ0v) is 10.6. The van der Waals surface area contributed by atoms with Gasteiger partial charge in [-0.2, -0.15) is 0 Å². The fourth-order valence-corrected chi connectivity index (χ4v) is 2.22. The van der Waals surface area contributed by atoms with Crippen LogP contribution in [-0.4, -0.2) is 22.1 Å². The first kappa shape index (κ1) is 13.1. The van der Waals surface area contributed by atoms with Gasteiger partial charge in [-0.1, -0.05) is 6.07 Å². The molecule has 0 aliphatic rings. The van der Waals surface area contributed by atoms with Gasteiger partial charge in [0.2, 0.25) is 9.05 Å². The quantitative estimate of drug-likeness (QED) is 0.765. The number of ether oxygens (including phenoxy) is 2. The van der Waals surface area contributed by atoms with Crippen LogP contribution in [0.15, 0.2) is 18.2 Å². The van der Waals surface area contributed by atoms with E-state index in [9.17, 15) is 8.42 Å². The molecule has 0 radical (unpaired) electrons. The summed E-state index contributed by atoms with van der Waals surface area (Å²) in [5.41, 5.74) is 0.526. The zero-order chi connectivity index (χ0) is 12.2. The van der Waals surface area contributed by atoms with Crippen LogP contribution in [0.4, 0.5) is 0 Å². The van der Waals surface area contributed by atoms with Gasteiger partial charge >= 0.3 is 0 Å². The van der Waals surface area contributed by atoms with Crippen LogP contribution in [0.2, 0.25) is 0 Å². The molecule has 90 valence electrons. The minimum atomic E-state index is -3.59. The van der Waals surface area contributed by atoms with Crippen molar-refractivity contribution in [3.8, 4) is 11.5 Å². The summed E-state index contributed by atoms with van der Waals surface area (Å²) in [4.78, 5) is 0. The average molecular weight is 265 g/mol. The van der Waals surface area contributed by atoms with Crippen LogP contribution in [0.25, 0.3) is 0 Å². The first-order valence-electron chi connectivity index (χ1n) is 4.68. The van der Waals surface area contributed by atoms with Crippen LogP contribution in [-0.2, 0) is 14.8 Å². The Labute approximate surface area is 99.6 Å².